The molecule has 0 aliphatic carbocycles. The largest absolute Gasteiger partial charge is 0.325 e. The van der Waals surface area contributed by atoms with Gasteiger partial charge in [0.1, 0.15) is 6.33 Å². The van der Waals surface area contributed by atoms with Crippen molar-refractivity contribution in [3.63, 3.8) is 0 Å². The van der Waals surface area contributed by atoms with Gasteiger partial charge < -0.3 is 9.88 Å². The first-order chi connectivity index (χ1) is 9.19. The number of nitrogens with zero attached hydrogens (tertiary/aromatic N) is 4. The Morgan fingerprint density at radius 3 is 3.11 bits per heavy atom. The molecule has 0 radical (unpaired) electrons. The fraction of sp³-hybridized carbons (Fsp3) is 0.167. The highest BCUT2D eigenvalue weighted by Crippen LogP contribution is 2.15. The second-order valence-electron chi connectivity index (χ2n) is 3.75. The molecule has 0 fully saturated rings. The Hall–Kier alpha value is -2.33. The molecule has 0 spiro atoms. The number of nitriles is 1. The van der Waals surface area contributed by atoms with E-state index in [1.165, 1.54) is 11.8 Å². The van der Waals surface area contributed by atoms with Gasteiger partial charge in [-0.3, -0.25) is 4.79 Å². The number of carbonyl (C=O) groups excluding carboxylic acids is 1. The molecule has 1 N–H and O–H groups in total. The van der Waals surface area contributed by atoms with Gasteiger partial charge in [0.2, 0.25) is 5.91 Å². The molecule has 0 saturated carbocycles. The molecule has 0 bridgehead atoms. The molecule has 0 aliphatic heterocycles. The van der Waals surface area contributed by atoms with Crippen LogP contribution in [-0.4, -0.2) is 26.4 Å². The average Bonchev–Trinajstić information content (AvgIpc) is 2.82. The van der Waals surface area contributed by atoms with E-state index in [0.29, 0.717) is 16.4 Å². The quantitative estimate of drug-likeness (QED) is 0.852. The predicted octanol–water partition coefficient (Wildman–Crippen LogP) is 1.42. The van der Waals surface area contributed by atoms with E-state index in [2.05, 4.69) is 15.5 Å². The van der Waals surface area contributed by atoms with Crippen molar-refractivity contribution >= 4 is 23.4 Å². The van der Waals surface area contributed by atoms with Crippen LogP contribution in [0.2, 0.25) is 0 Å². The predicted molar refractivity (Wildman–Crippen MR) is 71.5 cm³/mol. The third-order valence-corrected chi connectivity index (χ3v) is 3.31. The molecule has 96 valence electrons. The Morgan fingerprint density at radius 1 is 1.58 bits per heavy atom. The number of anilines is 1. The van der Waals surface area contributed by atoms with Crippen molar-refractivity contribution in [3.05, 3.63) is 36.2 Å². The van der Waals surface area contributed by atoms with Crippen LogP contribution in [0.15, 0.2) is 35.7 Å². The zero-order valence-corrected chi connectivity index (χ0v) is 11.0. The molecule has 0 unspecified atom stereocenters. The number of nitrogens with one attached hydrogen (secondary N) is 1. The van der Waals surface area contributed by atoms with E-state index in [1.807, 2.05) is 13.1 Å². The standard InChI is InChI=1S/C12H11N5OS/c1-17-8-14-16-12(17)19-7-11(18)15-10-4-2-3-9(5-10)6-13/h2-5,8H,7H2,1H3,(H,15,18). The Bertz CT molecular complexity index is 631. The van der Waals surface area contributed by atoms with Crippen molar-refractivity contribution in [2.45, 2.75) is 5.16 Å². The Kier molecular flexibility index (Phi) is 4.15. The molecule has 1 heterocycles. The molecule has 6 nitrogen and oxygen atoms in total. The number of benzene rings is 1. The summed E-state index contributed by atoms with van der Waals surface area (Å²) >= 11 is 1.30. The summed E-state index contributed by atoms with van der Waals surface area (Å²) in [6.45, 7) is 0. The van der Waals surface area contributed by atoms with Crippen LogP contribution in [-0.2, 0) is 11.8 Å². The van der Waals surface area contributed by atoms with Gasteiger partial charge >= 0.3 is 0 Å². The maximum Gasteiger partial charge on any atom is 0.234 e. The van der Waals surface area contributed by atoms with Crippen molar-refractivity contribution in [1.82, 2.24) is 14.8 Å². The third kappa shape index (κ3) is 3.56. The molecule has 1 aromatic heterocycles. The van der Waals surface area contributed by atoms with E-state index >= 15 is 0 Å². The Labute approximate surface area is 114 Å². The van der Waals surface area contributed by atoms with E-state index in [1.54, 1.807) is 35.2 Å². The molecule has 2 rings (SSSR count). The summed E-state index contributed by atoms with van der Waals surface area (Å²) in [5.41, 5.74) is 1.13. The average molecular weight is 273 g/mol. The monoisotopic (exact) mass is 273 g/mol. The summed E-state index contributed by atoms with van der Waals surface area (Å²) in [6, 6.07) is 8.81. The van der Waals surface area contributed by atoms with Crippen molar-refractivity contribution in [3.8, 4) is 6.07 Å². The van der Waals surface area contributed by atoms with Crippen LogP contribution >= 0.6 is 11.8 Å². The second kappa shape index (κ2) is 6.02. The van der Waals surface area contributed by atoms with Crippen LogP contribution in [0.5, 0.6) is 0 Å². The number of carbonyl (C=O) groups is 1. The summed E-state index contributed by atoms with van der Waals surface area (Å²) in [4.78, 5) is 11.7. The molecular weight excluding hydrogens is 262 g/mol. The molecular formula is C12H11N5OS. The molecule has 0 aliphatic rings. The third-order valence-electron chi connectivity index (χ3n) is 2.28. The number of rotatable bonds is 4. The fourth-order valence-electron chi connectivity index (χ4n) is 1.40. The summed E-state index contributed by atoms with van der Waals surface area (Å²) in [7, 11) is 1.82. The van der Waals surface area contributed by atoms with Gasteiger partial charge in [0.25, 0.3) is 0 Å². The summed E-state index contributed by atoms with van der Waals surface area (Å²) in [5, 5.41) is 19.8. The topological polar surface area (TPSA) is 83.6 Å². The van der Waals surface area contributed by atoms with E-state index < -0.39 is 0 Å². The van der Waals surface area contributed by atoms with Gasteiger partial charge in [0.15, 0.2) is 5.16 Å². The van der Waals surface area contributed by atoms with Crippen molar-refractivity contribution in [2.24, 2.45) is 7.05 Å². The number of aryl methyl sites for hydroxylation is 1. The molecule has 1 aromatic carbocycles. The lowest BCUT2D eigenvalue weighted by molar-refractivity contribution is -0.113. The number of amides is 1. The highest BCUT2D eigenvalue weighted by Gasteiger charge is 2.07. The van der Waals surface area contributed by atoms with Crippen molar-refractivity contribution in [2.75, 3.05) is 11.1 Å². The fourth-order valence-corrected chi connectivity index (χ4v) is 2.08. The molecule has 19 heavy (non-hydrogen) atoms. The molecule has 7 heteroatoms. The number of aromatic nitrogens is 3. The maximum absolute atomic E-state index is 11.7. The minimum atomic E-state index is -0.150. The highest BCUT2D eigenvalue weighted by atomic mass is 32.2. The van der Waals surface area contributed by atoms with E-state index in [0.717, 1.165) is 0 Å². The second-order valence-corrected chi connectivity index (χ2v) is 4.70. The van der Waals surface area contributed by atoms with Crippen LogP contribution in [0, 0.1) is 11.3 Å². The van der Waals surface area contributed by atoms with Gasteiger partial charge in [-0.2, -0.15) is 5.26 Å². The molecule has 1 amide bonds. The van der Waals surface area contributed by atoms with Gasteiger partial charge in [-0.25, -0.2) is 0 Å². The van der Waals surface area contributed by atoms with Crippen LogP contribution in [0.3, 0.4) is 0 Å². The van der Waals surface area contributed by atoms with Gasteiger partial charge in [-0.05, 0) is 18.2 Å². The molecule has 2 aromatic rings. The van der Waals surface area contributed by atoms with Crippen molar-refractivity contribution < 1.29 is 4.79 Å². The van der Waals surface area contributed by atoms with Gasteiger partial charge in [-0.15, -0.1) is 10.2 Å². The number of hydrogen-bond acceptors (Lipinski definition) is 5. The van der Waals surface area contributed by atoms with Gasteiger partial charge in [0, 0.05) is 12.7 Å². The van der Waals surface area contributed by atoms with Crippen molar-refractivity contribution in [1.29, 1.82) is 5.26 Å². The van der Waals surface area contributed by atoms with Crippen LogP contribution in [0.4, 0.5) is 5.69 Å². The first kappa shape index (κ1) is 13.1. The first-order valence-corrected chi connectivity index (χ1v) is 6.44. The zero-order valence-electron chi connectivity index (χ0n) is 10.2. The van der Waals surface area contributed by atoms with Gasteiger partial charge in [0.05, 0.1) is 17.4 Å². The van der Waals surface area contributed by atoms with E-state index in [4.69, 9.17) is 5.26 Å². The lowest BCUT2D eigenvalue weighted by Crippen LogP contribution is -2.14. The lowest BCUT2D eigenvalue weighted by atomic mass is 10.2. The lowest BCUT2D eigenvalue weighted by Gasteiger charge is -2.04. The minimum Gasteiger partial charge on any atom is -0.325 e. The van der Waals surface area contributed by atoms with Crippen LogP contribution in [0.25, 0.3) is 0 Å². The van der Waals surface area contributed by atoms with E-state index in [-0.39, 0.29) is 11.7 Å². The number of hydrogen-bond donors (Lipinski definition) is 1. The van der Waals surface area contributed by atoms with E-state index in [9.17, 15) is 4.79 Å². The first-order valence-electron chi connectivity index (χ1n) is 5.46. The smallest absolute Gasteiger partial charge is 0.234 e. The summed E-state index contributed by atoms with van der Waals surface area (Å²) in [5.74, 6) is 0.0895. The minimum absolute atomic E-state index is 0.150. The van der Waals surface area contributed by atoms with Gasteiger partial charge in [-0.1, -0.05) is 17.8 Å². The number of thioether (sulfide) groups is 1. The highest BCUT2D eigenvalue weighted by molar-refractivity contribution is 7.99. The molecule has 0 atom stereocenters. The Morgan fingerprint density at radius 2 is 2.42 bits per heavy atom. The molecule has 0 saturated heterocycles. The zero-order chi connectivity index (χ0) is 13.7. The summed E-state index contributed by atoms with van der Waals surface area (Å²) in [6.07, 6.45) is 1.58. The normalized spacial score (nSPS) is 9.89. The van der Waals surface area contributed by atoms with Crippen LogP contribution in [0.1, 0.15) is 5.56 Å². The SMILES string of the molecule is Cn1cnnc1SCC(=O)Nc1cccc(C#N)c1. The van der Waals surface area contributed by atoms with Crippen LogP contribution < -0.4 is 5.32 Å². The maximum atomic E-state index is 11.7. The summed E-state index contributed by atoms with van der Waals surface area (Å²) < 4.78 is 1.74. The Balaban J connectivity index is 1.91.